The molecule has 1 heterocycles. The number of nitrogens with one attached hydrogen (secondary N) is 1. The van der Waals surface area contributed by atoms with Crippen LogP contribution < -0.4 is 5.32 Å². The standard InChI is InChI=1S/C25H24N2O2/c1-17-7-5-12-23(18(17)2)26-24(28)20-10-6-11-21(15-20)25(29)27-14-13-19-8-3-4-9-22(19)16-27/h3-12,15H,13-14,16H2,1-2H3,(H,26,28). The lowest BCUT2D eigenvalue weighted by Crippen LogP contribution is -2.36. The summed E-state index contributed by atoms with van der Waals surface area (Å²) in [6.45, 7) is 5.29. The zero-order valence-corrected chi connectivity index (χ0v) is 16.7. The Bertz CT molecular complexity index is 1090. The molecule has 0 saturated carbocycles. The number of fused-ring (bicyclic) bond motifs is 1. The monoisotopic (exact) mass is 384 g/mol. The van der Waals surface area contributed by atoms with Gasteiger partial charge in [0.05, 0.1) is 0 Å². The molecule has 0 aliphatic carbocycles. The normalized spacial score (nSPS) is 13.0. The summed E-state index contributed by atoms with van der Waals surface area (Å²) in [5, 5.41) is 2.96. The second-order valence-electron chi connectivity index (χ2n) is 7.53. The Balaban J connectivity index is 1.52. The van der Waals surface area contributed by atoms with Crippen LogP contribution in [0.15, 0.2) is 66.7 Å². The van der Waals surface area contributed by atoms with Crippen LogP contribution in [0.5, 0.6) is 0 Å². The highest BCUT2D eigenvalue weighted by Crippen LogP contribution is 2.22. The van der Waals surface area contributed by atoms with Gasteiger partial charge >= 0.3 is 0 Å². The smallest absolute Gasteiger partial charge is 0.255 e. The molecule has 1 aliphatic rings. The van der Waals surface area contributed by atoms with E-state index in [1.807, 2.05) is 49.1 Å². The Morgan fingerprint density at radius 3 is 2.41 bits per heavy atom. The second kappa shape index (κ2) is 7.92. The molecule has 0 spiro atoms. The number of carbonyl (C=O) groups is 2. The quantitative estimate of drug-likeness (QED) is 0.708. The predicted octanol–water partition coefficient (Wildman–Crippen LogP) is 4.75. The molecule has 0 fully saturated rings. The van der Waals surface area contributed by atoms with E-state index in [4.69, 9.17) is 0 Å². The fourth-order valence-electron chi connectivity index (χ4n) is 3.73. The van der Waals surface area contributed by atoms with Crippen LogP contribution in [0.4, 0.5) is 5.69 Å². The van der Waals surface area contributed by atoms with Crippen molar-refractivity contribution < 1.29 is 9.59 Å². The average Bonchev–Trinajstić information content (AvgIpc) is 2.76. The molecule has 0 radical (unpaired) electrons. The third kappa shape index (κ3) is 3.92. The number of benzene rings is 3. The Hall–Kier alpha value is -3.40. The van der Waals surface area contributed by atoms with Gasteiger partial charge in [-0.25, -0.2) is 0 Å². The van der Waals surface area contributed by atoms with Crippen molar-refractivity contribution >= 4 is 17.5 Å². The summed E-state index contributed by atoms with van der Waals surface area (Å²) in [7, 11) is 0. The Morgan fingerprint density at radius 2 is 1.59 bits per heavy atom. The van der Waals surface area contributed by atoms with Crippen molar-refractivity contribution in [2.75, 3.05) is 11.9 Å². The van der Waals surface area contributed by atoms with Crippen LogP contribution in [0.2, 0.25) is 0 Å². The third-order valence-corrected chi connectivity index (χ3v) is 5.64. The van der Waals surface area contributed by atoms with Crippen molar-refractivity contribution in [3.05, 3.63) is 100 Å². The van der Waals surface area contributed by atoms with E-state index in [0.717, 1.165) is 23.2 Å². The van der Waals surface area contributed by atoms with Gasteiger partial charge in [0.25, 0.3) is 11.8 Å². The maximum atomic E-state index is 13.0. The van der Waals surface area contributed by atoms with Gasteiger partial charge < -0.3 is 10.2 Å². The first kappa shape index (κ1) is 18.9. The van der Waals surface area contributed by atoms with Crippen LogP contribution in [-0.4, -0.2) is 23.3 Å². The van der Waals surface area contributed by atoms with Gasteiger partial charge in [-0.2, -0.15) is 0 Å². The first-order valence-corrected chi connectivity index (χ1v) is 9.86. The van der Waals surface area contributed by atoms with E-state index in [2.05, 4.69) is 17.4 Å². The minimum absolute atomic E-state index is 0.0408. The molecule has 0 saturated heterocycles. The molecular formula is C25H24N2O2. The van der Waals surface area contributed by atoms with E-state index >= 15 is 0 Å². The summed E-state index contributed by atoms with van der Waals surface area (Å²) in [6, 6.07) is 21.0. The molecular weight excluding hydrogens is 360 g/mol. The fourth-order valence-corrected chi connectivity index (χ4v) is 3.73. The molecule has 0 atom stereocenters. The van der Waals surface area contributed by atoms with E-state index in [1.165, 1.54) is 11.1 Å². The minimum atomic E-state index is -0.211. The molecule has 3 aromatic carbocycles. The maximum Gasteiger partial charge on any atom is 0.255 e. The van der Waals surface area contributed by atoms with Crippen LogP contribution in [0.3, 0.4) is 0 Å². The van der Waals surface area contributed by atoms with E-state index in [9.17, 15) is 9.59 Å². The van der Waals surface area contributed by atoms with Crippen LogP contribution in [0.1, 0.15) is 43.0 Å². The largest absolute Gasteiger partial charge is 0.334 e. The summed E-state index contributed by atoms with van der Waals surface area (Å²) >= 11 is 0. The molecule has 0 unspecified atom stereocenters. The molecule has 4 heteroatoms. The van der Waals surface area contributed by atoms with Gasteiger partial charge in [-0.05, 0) is 66.8 Å². The molecule has 3 aromatic rings. The Kier molecular flexibility index (Phi) is 5.17. The van der Waals surface area contributed by atoms with Crippen molar-refractivity contribution in [2.24, 2.45) is 0 Å². The summed E-state index contributed by atoms with van der Waals surface area (Å²) in [5.41, 5.74) is 6.47. The molecule has 29 heavy (non-hydrogen) atoms. The number of carbonyl (C=O) groups excluding carboxylic acids is 2. The van der Waals surface area contributed by atoms with Crippen molar-refractivity contribution in [3.63, 3.8) is 0 Å². The summed E-state index contributed by atoms with van der Waals surface area (Å²) in [6.07, 6.45) is 0.856. The Labute approximate surface area is 171 Å². The first-order valence-electron chi connectivity index (χ1n) is 9.86. The predicted molar refractivity (Wildman–Crippen MR) is 115 cm³/mol. The van der Waals surface area contributed by atoms with Crippen LogP contribution in [0.25, 0.3) is 0 Å². The van der Waals surface area contributed by atoms with E-state index in [-0.39, 0.29) is 11.8 Å². The molecule has 1 N–H and O–H groups in total. The second-order valence-corrected chi connectivity index (χ2v) is 7.53. The zero-order chi connectivity index (χ0) is 20.4. The summed E-state index contributed by atoms with van der Waals surface area (Å²) < 4.78 is 0. The number of hydrogen-bond acceptors (Lipinski definition) is 2. The van der Waals surface area contributed by atoms with Gasteiger partial charge in [-0.3, -0.25) is 9.59 Å². The minimum Gasteiger partial charge on any atom is -0.334 e. The van der Waals surface area contributed by atoms with Crippen LogP contribution in [-0.2, 0) is 13.0 Å². The highest BCUT2D eigenvalue weighted by molar-refractivity contribution is 6.06. The molecule has 4 nitrogen and oxygen atoms in total. The number of rotatable bonds is 3. The SMILES string of the molecule is Cc1cccc(NC(=O)c2cccc(C(=O)N3CCc4ccccc4C3)c2)c1C. The maximum absolute atomic E-state index is 13.0. The van der Waals surface area contributed by atoms with Gasteiger partial charge in [0.1, 0.15) is 0 Å². The molecule has 146 valence electrons. The van der Waals surface area contributed by atoms with Crippen molar-refractivity contribution in [3.8, 4) is 0 Å². The highest BCUT2D eigenvalue weighted by Gasteiger charge is 2.22. The number of amides is 2. The number of nitrogens with zero attached hydrogens (tertiary/aromatic N) is 1. The van der Waals surface area contributed by atoms with E-state index in [0.29, 0.717) is 24.2 Å². The topological polar surface area (TPSA) is 49.4 Å². The fraction of sp³-hybridized carbons (Fsp3) is 0.200. The van der Waals surface area contributed by atoms with E-state index < -0.39 is 0 Å². The van der Waals surface area contributed by atoms with Gasteiger partial charge in [-0.15, -0.1) is 0 Å². The van der Waals surface area contributed by atoms with Gasteiger partial charge in [0.15, 0.2) is 0 Å². The van der Waals surface area contributed by atoms with Crippen molar-refractivity contribution in [2.45, 2.75) is 26.8 Å². The van der Waals surface area contributed by atoms with Crippen molar-refractivity contribution in [1.82, 2.24) is 4.90 Å². The van der Waals surface area contributed by atoms with Gasteiger partial charge in [0, 0.05) is 29.9 Å². The molecule has 0 aromatic heterocycles. The van der Waals surface area contributed by atoms with Crippen molar-refractivity contribution in [1.29, 1.82) is 0 Å². The number of hydrogen-bond donors (Lipinski definition) is 1. The third-order valence-electron chi connectivity index (χ3n) is 5.64. The zero-order valence-electron chi connectivity index (χ0n) is 16.7. The first-order chi connectivity index (χ1) is 14.0. The molecule has 0 bridgehead atoms. The highest BCUT2D eigenvalue weighted by atomic mass is 16.2. The number of aryl methyl sites for hydroxylation is 1. The number of anilines is 1. The lowest BCUT2D eigenvalue weighted by molar-refractivity contribution is 0.0734. The molecule has 2 amide bonds. The van der Waals surface area contributed by atoms with Crippen LogP contribution >= 0.6 is 0 Å². The van der Waals surface area contributed by atoms with E-state index in [1.54, 1.807) is 24.3 Å². The van der Waals surface area contributed by atoms with Crippen LogP contribution in [0, 0.1) is 13.8 Å². The van der Waals surface area contributed by atoms with Gasteiger partial charge in [0.2, 0.25) is 0 Å². The molecule has 4 rings (SSSR count). The lowest BCUT2D eigenvalue weighted by atomic mass is 9.99. The lowest BCUT2D eigenvalue weighted by Gasteiger charge is -2.29. The molecule has 1 aliphatic heterocycles. The summed E-state index contributed by atoms with van der Waals surface area (Å²) in [5.74, 6) is -0.252. The summed E-state index contributed by atoms with van der Waals surface area (Å²) in [4.78, 5) is 27.6. The Morgan fingerprint density at radius 1 is 0.862 bits per heavy atom. The van der Waals surface area contributed by atoms with Gasteiger partial charge in [-0.1, -0.05) is 42.5 Å². The average molecular weight is 384 g/mol.